The largest absolute Gasteiger partial charge is 0.449 e. The van der Waals surface area contributed by atoms with Crippen molar-refractivity contribution in [2.45, 2.75) is 39.8 Å². The Labute approximate surface area is 140 Å². The molecule has 0 aliphatic heterocycles. The number of hydrogen-bond acceptors (Lipinski definition) is 3. The quantitative estimate of drug-likeness (QED) is 0.647. The summed E-state index contributed by atoms with van der Waals surface area (Å²) in [7, 11) is 0. The van der Waals surface area contributed by atoms with Crippen molar-refractivity contribution in [2.24, 2.45) is 0 Å². The van der Waals surface area contributed by atoms with Crippen LogP contribution in [0.4, 0.5) is 0 Å². The van der Waals surface area contributed by atoms with Gasteiger partial charge in [-0.1, -0.05) is 34.8 Å². The number of ether oxygens (including phenoxy) is 1. The fraction of sp³-hybridized carbons (Fsp3) is 0.375. The van der Waals surface area contributed by atoms with Gasteiger partial charge in [0.25, 0.3) is 5.91 Å². The van der Waals surface area contributed by atoms with Crippen LogP contribution in [0, 0.1) is 0 Å². The molecule has 1 rings (SSSR count). The molecule has 0 fully saturated rings. The van der Waals surface area contributed by atoms with E-state index in [0.29, 0.717) is 10.0 Å². The van der Waals surface area contributed by atoms with Crippen molar-refractivity contribution in [2.75, 3.05) is 0 Å². The molecule has 1 aromatic rings. The molecular weight excluding hydrogens is 325 g/mol. The van der Waals surface area contributed by atoms with Crippen LogP contribution in [-0.4, -0.2) is 18.0 Å². The Morgan fingerprint density at radius 1 is 1.23 bits per heavy atom. The molecule has 22 heavy (non-hydrogen) atoms. The SMILES string of the molecule is CC(C)=CC(=O)O[C@@H](C)C(=O)N[C@H](C)c1ccc(Cl)cc1Cl. The lowest BCUT2D eigenvalue weighted by atomic mass is 10.1. The Morgan fingerprint density at radius 3 is 2.41 bits per heavy atom. The van der Waals surface area contributed by atoms with Gasteiger partial charge in [-0.2, -0.15) is 0 Å². The maximum atomic E-state index is 12.0. The van der Waals surface area contributed by atoms with Gasteiger partial charge in [-0.05, 0) is 45.4 Å². The van der Waals surface area contributed by atoms with Gasteiger partial charge < -0.3 is 10.1 Å². The highest BCUT2D eigenvalue weighted by Crippen LogP contribution is 2.26. The van der Waals surface area contributed by atoms with E-state index in [1.807, 2.05) is 0 Å². The molecule has 6 heteroatoms. The van der Waals surface area contributed by atoms with Gasteiger partial charge in [0.05, 0.1) is 6.04 Å². The smallest absolute Gasteiger partial charge is 0.331 e. The van der Waals surface area contributed by atoms with E-state index in [1.165, 1.54) is 13.0 Å². The fourth-order valence-electron chi connectivity index (χ4n) is 1.76. The van der Waals surface area contributed by atoms with Crippen molar-refractivity contribution >= 4 is 35.1 Å². The standard InChI is InChI=1S/C16H19Cl2NO3/c1-9(2)7-15(20)22-11(4)16(21)19-10(3)13-6-5-12(17)8-14(13)18/h5-8,10-11H,1-4H3,(H,19,21)/t10-,11+/m1/s1. The molecule has 1 aromatic carbocycles. The van der Waals surface area contributed by atoms with Crippen molar-refractivity contribution in [3.63, 3.8) is 0 Å². The Bertz CT molecular complexity index is 595. The Kier molecular flexibility index (Phi) is 6.91. The van der Waals surface area contributed by atoms with Crippen LogP contribution in [0.1, 0.15) is 39.3 Å². The van der Waals surface area contributed by atoms with E-state index < -0.39 is 18.0 Å². The summed E-state index contributed by atoms with van der Waals surface area (Å²) in [6.45, 7) is 6.85. The second kappa shape index (κ2) is 8.20. The Hall–Kier alpha value is -1.52. The average Bonchev–Trinajstić information content (AvgIpc) is 2.36. The van der Waals surface area contributed by atoms with Crippen LogP contribution in [0.25, 0.3) is 0 Å². The zero-order valence-corrected chi connectivity index (χ0v) is 14.5. The lowest BCUT2D eigenvalue weighted by molar-refractivity contribution is -0.150. The third-order valence-corrected chi connectivity index (χ3v) is 3.42. The first-order chi connectivity index (χ1) is 10.2. The van der Waals surface area contributed by atoms with E-state index in [-0.39, 0.29) is 6.04 Å². The third kappa shape index (κ3) is 5.70. The minimum absolute atomic E-state index is 0.332. The van der Waals surface area contributed by atoms with E-state index in [9.17, 15) is 9.59 Å². The lowest BCUT2D eigenvalue weighted by Gasteiger charge is -2.19. The molecule has 0 aromatic heterocycles. The van der Waals surface area contributed by atoms with Crippen molar-refractivity contribution in [3.8, 4) is 0 Å². The van der Waals surface area contributed by atoms with Gasteiger partial charge >= 0.3 is 5.97 Å². The molecule has 120 valence electrons. The maximum absolute atomic E-state index is 12.0. The summed E-state index contributed by atoms with van der Waals surface area (Å²) in [5.41, 5.74) is 1.54. The summed E-state index contributed by atoms with van der Waals surface area (Å²) in [5, 5.41) is 3.74. The number of esters is 1. The zero-order valence-electron chi connectivity index (χ0n) is 12.9. The highest BCUT2D eigenvalue weighted by atomic mass is 35.5. The van der Waals surface area contributed by atoms with Crippen LogP contribution in [-0.2, 0) is 14.3 Å². The van der Waals surface area contributed by atoms with E-state index in [2.05, 4.69) is 5.32 Å². The van der Waals surface area contributed by atoms with Crippen LogP contribution in [0.3, 0.4) is 0 Å². The third-order valence-electron chi connectivity index (χ3n) is 2.86. The van der Waals surface area contributed by atoms with E-state index in [4.69, 9.17) is 27.9 Å². The normalized spacial score (nSPS) is 13.0. The number of carbonyl (C=O) groups is 2. The molecule has 1 N–H and O–H groups in total. The number of amides is 1. The number of carbonyl (C=O) groups excluding carboxylic acids is 2. The van der Waals surface area contributed by atoms with Gasteiger partial charge in [0.1, 0.15) is 0 Å². The maximum Gasteiger partial charge on any atom is 0.331 e. The number of benzene rings is 1. The van der Waals surface area contributed by atoms with Crippen LogP contribution in [0.15, 0.2) is 29.8 Å². The van der Waals surface area contributed by atoms with E-state index in [0.717, 1.165) is 11.1 Å². The van der Waals surface area contributed by atoms with Crippen LogP contribution < -0.4 is 5.32 Å². The van der Waals surface area contributed by atoms with Gasteiger partial charge in [0.15, 0.2) is 6.10 Å². The summed E-state index contributed by atoms with van der Waals surface area (Å²) >= 11 is 11.9. The second-order valence-electron chi connectivity index (χ2n) is 5.20. The Balaban J connectivity index is 2.67. The van der Waals surface area contributed by atoms with E-state index in [1.54, 1.807) is 39.0 Å². The molecule has 4 nitrogen and oxygen atoms in total. The molecule has 0 heterocycles. The zero-order chi connectivity index (χ0) is 16.9. The van der Waals surface area contributed by atoms with Crippen molar-refractivity contribution in [1.82, 2.24) is 5.32 Å². The van der Waals surface area contributed by atoms with Crippen molar-refractivity contribution in [3.05, 3.63) is 45.5 Å². The highest BCUT2D eigenvalue weighted by molar-refractivity contribution is 6.35. The summed E-state index contributed by atoms with van der Waals surface area (Å²) in [6, 6.07) is 4.72. The first kappa shape index (κ1) is 18.5. The first-order valence-corrected chi connectivity index (χ1v) is 7.57. The molecule has 0 spiro atoms. The highest BCUT2D eigenvalue weighted by Gasteiger charge is 2.20. The minimum Gasteiger partial charge on any atom is -0.449 e. The summed E-state index contributed by atoms with van der Waals surface area (Å²) in [5.74, 6) is -0.936. The predicted octanol–water partition coefficient (Wildman–Crippen LogP) is 4.07. The summed E-state index contributed by atoms with van der Waals surface area (Å²) in [6.07, 6.45) is 0.445. The average molecular weight is 344 g/mol. The summed E-state index contributed by atoms with van der Waals surface area (Å²) < 4.78 is 5.03. The molecule has 0 saturated heterocycles. The minimum atomic E-state index is -0.892. The van der Waals surface area contributed by atoms with Gasteiger partial charge in [0, 0.05) is 16.1 Å². The fourth-order valence-corrected chi connectivity index (χ4v) is 2.33. The number of hydrogen-bond donors (Lipinski definition) is 1. The molecule has 2 atom stereocenters. The Morgan fingerprint density at radius 2 is 1.86 bits per heavy atom. The van der Waals surface area contributed by atoms with Crippen molar-refractivity contribution in [1.29, 1.82) is 0 Å². The number of rotatable bonds is 5. The molecule has 0 radical (unpaired) electrons. The summed E-state index contributed by atoms with van der Waals surface area (Å²) in [4.78, 5) is 23.5. The molecule has 1 amide bonds. The van der Waals surface area contributed by atoms with Crippen LogP contribution in [0.5, 0.6) is 0 Å². The predicted molar refractivity (Wildman–Crippen MR) is 88.0 cm³/mol. The second-order valence-corrected chi connectivity index (χ2v) is 6.04. The molecule has 0 aliphatic carbocycles. The molecule has 0 bridgehead atoms. The van der Waals surface area contributed by atoms with Gasteiger partial charge in [0.2, 0.25) is 0 Å². The molecule has 0 aliphatic rings. The van der Waals surface area contributed by atoms with Gasteiger partial charge in [-0.3, -0.25) is 4.79 Å². The first-order valence-electron chi connectivity index (χ1n) is 6.81. The van der Waals surface area contributed by atoms with E-state index >= 15 is 0 Å². The van der Waals surface area contributed by atoms with Gasteiger partial charge in [-0.25, -0.2) is 4.79 Å². The number of halogens is 2. The monoisotopic (exact) mass is 343 g/mol. The molecule has 0 saturated carbocycles. The van der Waals surface area contributed by atoms with Crippen LogP contribution in [0.2, 0.25) is 10.0 Å². The molecular formula is C16H19Cl2NO3. The number of allylic oxidation sites excluding steroid dienone is 1. The van der Waals surface area contributed by atoms with Gasteiger partial charge in [-0.15, -0.1) is 0 Å². The van der Waals surface area contributed by atoms with Crippen molar-refractivity contribution < 1.29 is 14.3 Å². The molecule has 0 unspecified atom stereocenters. The number of nitrogens with one attached hydrogen (secondary N) is 1. The lowest BCUT2D eigenvalue weighted by Crippen LogP contribution is -2.37. The topological polar surface area (TPSA) is 55.4 Å². The van der Waals surface area contributed by atoms with Crippen LogP contribution >= 0.6 is 23.2 Å².